The van der Waals surface area contributed by atoms with E-state index in [9.17, 15) is 8.42 Å². The van der Waals surface area contributed by atoms with Crippen molar-refractivity contribution in [1.29, 1.82) is 0 Å². The molecular weight excluding hydrogens is 272 g/mol. The zero-order valence-electron chi connectivity index (χ0n) is 10.1. The quantitative estimate of drug-likeness (QED) is 0.670. The van der Waals surface area contributed by atoms with Crippen LogP contribution in [0.4, 0.5) is 5.69 Å². The second-order valence-corrected chi connectivity index (χ2v) is 6.71. The van der Waals surface area contributed by atoms with Crippen LogP contribution in [0.25, 0.3) is 0 Å². The molecule has 0 aromatic heterocycles. The number of halogens is 1. The van der Waals surface area contributed by atoms with Gasteiger partial charge in [0, 0.05) is 13.1 Å². The lowest BCUT2D eigenvalue weighted by Crippen LogP contribution is -2.35. The third kappa shape index (κ3) is 2.53. The molecule has 0 radical (unpaired) electrons. The predicted molar refractivity (Wildman–Crippen MR) is 73.0 cm³/mol. The van der Waals surface area contributed by atoms with E-state index in [1.54, 1.807) is 0 Å². The summed E-state index contributed by atoms with van der Waals surface area (Å²) in [6.45, 7) is 2.86. The van der Waals surface area contributed by atoms with Gasteiger partial charge in [-0.1, -0.05) is 23.3 Å². The number of nitrogens with two attached hydrogens (primary N) is 1. The third-order valence-electron chi connectivity index (χ3n) is 2.91. The maximum absolute atomic E-state index is 12.4. The first-order chi connectivity index (χ1) is 8.41. The second kappa shape index (κ2) is 4.91. The van der Waals surface area contributed by atoms with Gasteiger partial charge in [0.15, 0.2) is 0 Å². The summed E-state index contributed by atoms with van der Waals surface area (Å²) in [6, 6.07) is 4.41. The lowest BCUT2D eigenvalue weighted by molar-refractivity contribution is 0.428. The van der Waals surface area contributed by atoms with Crippen LogP contribution in [0.1, 0.15) is 13.3 Å². The molecule has 0 saturated carbocycles. The van der Waals surface area contributed by atoms with Crippen molar-refractivity contribution in [3.8, 4) is 0 Å². The Morgan fingerprint density at radius 2 is 2.11 bits per heavy atom. The van der Waals surface area contributed by atoms with Gasteiger partial charge in [0.2, 0.25) is 10.0 Å². The lowest BCUT2D eigenvalue weighted by Gasteiger charge is -2.25. The summed E-state index contributed by atoms with van der Waals surface area (Å²) < 4.78 is 26.3. The van der Waals surface area contributed by atoms with E-state index in [2.05, 4.69) is 6.08 Å². The minimum absolute atomic E-state index is 0.191. The Labute approximate surface area is 112 Å². The van der Waals surface area contributed by atoms with Crippen LogP contribution in [0.15, 0.2) is 34.7 Å². The van der Waals surface area contributed by atoms with Crippen molar-refractivity contribution in [2.75, 3.05) is 18.8 Å². The van der Waals surface area contributed by atoms with Gasteiger partial charge in [-0.3, -0.25) is 0 Å². The maximum Gasteiger partial charge on any atom is 0.243 e. The maximum atomic E-state index is 12.4. The molecule has 0 fully saturated rings. The molecule has 4 nitrogen and oxygen atoms in total. The molecule has 2 N–H and O–H groups in total. The highest BCUT2D eigenvalue weighted by Gasteiger charge is 2.26. The van der Waals surface area contributed by atoms with Gasteiger partial charge < -0.3 is 5.73 Å². The number of anilines is 1. The zero-order valence-corrected chi connectivity index (χ0v) is 11.6. The molecule has 6 heteroatoms. The fourth-order valence-corrected chi connectivity index (χ4v) is 3.67. The van der Waals surface area contributed by atoms with Crippen molar-refractivity contribution in [3.63, 3.8) is 0 Å². The number of nitrogen functional groups attached to an aromatic ring is 1. The van der Waals surface area contributed by atoms with Crippen LogP contribution >= 0.6 is 11.6 Å². The molecule has 0 atom stereocenters. The molecule has 98 valence electrons. The average molecular weight is 287 g/mol. The summed E-state index contributed by atoms with van der Waals surface area (Å²) in [6.07, 6.45) is 2.80. The Morgan fingerprint density at radius 1 is 1.39 bits per heavy atom. The Kier molecular flexibility index (Phi) is 3.66. The number of nitrogens with zero attached hydrogens (tertiary/aromatic N) is 1. The fourth-order valence-electron chi connectivity index (χ4n) is 1.90. The van der Waals surface area contributed by atoms with Gasteiger partial charge in [-0.05, 0) is 31.5 Å². The molecule has 1 aliphatic heterocycles. The molecular formula is C12H15ClN2O2S. The first kappa shape index (κ1) is 13.4. The van der Waals surface area contributed by atoms with E-state index in [0.29, 0.717) is 18.8 Å². The molecule has 1 aromatic rings. The Bertz CT molecular complexity index is 596. The number of hydrogen-bond donors (Lipinski definition) is 1. The summed E-state index contributed by atoms with van der Waals surface area (Å²) in [4.78, 5) is 0.191. The molecule has 0 saturated heterocycles. The smallest absolute Gasteiger partial charge is 0.243 e. The summed E-state index contributed by atoms with van der Waals surface area (Å²) in [5.74, 6) is 0. The average Bonchev–Trinajstić information content (AvgIpc) is 2.32. The number of benzene rings is 1. The first-order valence-electron chi connectivity index (χ1n) is 5.62. The van der Waals surface area contributed by atoms with Gasteiger partial charge in [-0.2, -0.15) is 4.31 Å². The summed E-state index contributed by atoms with van der Waals surface area (Å²) in [5, 5.41) is 0.264. The molecule has 0 spiro atoms. The molecule has 0 unspecified atom stereocenters. The fraction of sp³-hybridized carbons (Fsp3) is 0.333. The van der Waals surface area contributed by atoms with Crippen LogP contribution < -0.4 is 5.73 Å². The summed E-state index contributed by atoms with van der Waals surface area (Å²) in [5.41, 5.74) is 7.02. The third-order valence-corrected chi connectivity index (χ3v) is 5.08. The summed E-state index contributed by atoms with van der Waals surface area (Å²) >= 11 is 5.87. The van der Waals surface area contributed by atoms with Crippen molar-refractivity contribution in [2.45, 2.75) is 18.2 Å². The molecule has 2 rings (SSSR count). The van der Waals surface area contributed by atoms with E-state index >= 15 is 0 Å². The molecule has 18 heavy (non-hydrogen) atoms. The van der Waals surface area contributed by atoms with Crippen LogP contribution in [0.3, 0.4) is 0 Å². The highest BCUT2D eigenvalue weighted by molar-refractivity contribution is 7.89. The van der Waals surface area contributed by atoms with Crippen LogP contribution in [-0.2, 0) is 10.0 Å². The lowest BCUT2D eigenvalue weighted by atomic mass is 10.2. The number of sulfonamides is 1. The molecule has 0 aliphatic carbocycles. The first-order valence-corrected chi connectivity index (χ1v) is 7.44. The Hall–Kier alpha value is -1.04. The van der Waals surface area contributed by atoms with Crippen LogP contribution in [0, 0.1) is 0 Å². The van der Waals surface area contributed by atoms with E-state index in [4.69, 9.17) is 17.3 Å². The standard InChI is InChI=1S/C12H15ClN2O2S/c1-9-3-2-6-15(8-9)18(16,17)10-4-5-12(14)11(13)7-10/h3-5,7H,2,6,8,14H2,1H3. The van der Waals surface area contributed by atoms with Gasteiger partial charge in [0.05, 0.1) is 15.6 Å². The number of hydrogen-bond acceptors (Lipinski definition) is 3. The van der Waals surface area contributed by atoms with E-state index < -0.39 is 10.0 Å². The SMILES string of the molecule is CC1=CCCN(S(=O)(=O)c2ccc(N)c(Cl)c2)C1. The molecule has 1 heterocycles. The molecule has 0 bridgehead atoms. The minimum Gasteiger partial charge on any atom is -0.398 e. The van der Waals surface area contributed by atoms with E-state index in [1.807, 2.05) is 6.92 Å². The van der Waals surface area contributed by atoms with Crippen molar-refractivity contribution in [1.82, 2.24) is 4.31 Å². The molecule has 0 amide bonds. The molecule has 1 aliphatic rings. The monoisotopic (exact) mass is 286 g/mol. The van der Waals surface area contributed by atoms with Gasteiger partial charge in [-0.25, -0.2) is 8.42 Å². The van der Waals surface area contributed by atoms with Gasteiger partial charge in [0.1, 0.15) is 0 Å². The minimum atomic E-state index is -3.48. The summed E-state index contributed by atoms with van der Waals surface area (Å²) in [7, 11) is -3.48. The van der Waals surface area contributed by atoms with Crippen molar-refractivity contribution >= 4 is 27.3 Å². The van der Waals surface area contributed by atoms with Crippen molar-refractivity contribution in [3.05, 3.63) is 34.9 Å². The van der Waals surface area contributed by atoms with Crippen molar-refractivity contribution < 1.29 is 8.42 Å². The Morgan fingerprint density at radius 3 is 2.72 bits per heavy atom. The number of rotatable bonds is 2. The van der Waals surface area contributed by atoms with Gasteiger partial charge in [-0.15, -0.1) is 0 Å². The zero-order chi connectivity index (χ0) is 13.3. The Balaban J connectivity index is 2.36. The highest BCUT2D eigenvalue weighted by atomic mass is 35.5. The van der Waals surface area contributed by atoms with Crippen LogP contribution in [-0.4, -0.2) is 25.8 Å². The van der Waals surface area contributed by atoms with E-state index in [1.165, 1.54) is 22.5 Å². The predicted octanol–water partition coefficient (Wildman–Crippen LogP) is 2.26. The van der Waals surface area contributed by atoms with Gasteiger partial charge >= 0.3 is 0 Å². The highest BCUT2D eigenvalue weighted by Crippen LogP contribution is 2.26. The largest absolute Gasteiger partial charge is 0.398 e. The van der Waals surface area contributed by atoms with E-state index in [-0.39, 0.29) is 9.92 Å². The normalized spacial score (nSPS) is 17.6. The van der Waals surface area contributed by atoms with Gasteiger partial charge in [0.25, 0.3) is 0 Å². The van der Waals surface area contributed by atoms with Crippen LogP contribution in [0.2, 0.25) is 5.02 Å². The molecule has 1 aromatic carbocycles. The topological polar surface area (TPSA) is 63.4 Å². The van der Waals surface area contributed by atoms with Crippen molar-refractivity contribution in [2.24, 2.45) is 0 Å². The second-order valence-electron chi connectivity index (χ2n) is 4.36. The van der Waals surface area contributed by atoms with Crippen LogP contribution in [0.5, 0.6) is 0 Å². The van der Waals surface area contributed by atoms with E-state index in [0.717, 1.165) is 12.0 Å².